The van der Waals surface area contributed by atoms with Crippen LogP contribution in [0.25, 0.3) is 0 Å². The second-order valence-corrected chi connectivity index (χ2v) is 5.86. The zero-order chi connectivity index (χ0) is 19.5. The molecule has 0 bridgehead atoms. The number of nitrogens with two attached hydrogens (primary N) is 1. The summed E-state index contributed by atoms with van der Waals surface area (Å²) in [4.78, 5) is 25.0. The van der Waals surface area contributed by atoms with Gasteiger partial charge < -0.3 is 26.1 Å². The Labute approximate surface area is 162 Å². The Hall–Kier alpha value is -2.91. The van der Waals surface area contributed by atoms with Gasteiger partial charge in [-0.25, -0.2) is 9.97 Å². The molecule has 0 saturated carbocycles. The maximum atomic E-state index is 9.92. The van der Waals surface area contributed by atoms with Crippen LogP contribution in [-0.2, 0) is 9.63 Å². The van der Waals surface area contributed by atoms with Crippen molar-refractivity contribution in [1.82, 2.24) is 15.3 Å². The lowest BCUT2D eigenvalue weighted by Crippen LogP contribution is -2.44. The number of rotatable bonds is 5. The van der Waals surface area contributed by atoms with E-state index in [0.717, 1.165) is 37.7 Å². The number of nitrogens with one attached hydrogen (secondary N) is 2. The highest BCUT2D eigenvalue weighted by Gasteiger charge is 2.17. The smallest absolute Gasteiger partial charge is 0.211 e. The summed E-state index contributed by atoms with van der Waals surface area (Å²) >= 11 is 5.60. The van der Waals surface area contributed by atoms with E-state index in [1.807, 2.05) is 0 Å². The fourth-order valence-electron chi connectivity index (χ4n) is 2.37. The van der Waals surface area contributed by atoms with Gasteiger partial charge in [0.25, 0.3) is 0 Å². The molecule has 10 heteroatoms. The number of oxime groups is 1. The van der Waals surface area contributed by atoms with Crippen molar-refractivity contribution in [2.24, 2.45) is 5.16 Å². The summed E-state index contributed by atoms with van der Waals surface area (Å²) in [6.45, 7) is 3.66. The molecule has 0 atom stereocenters. The van der Waals surface area contributed by atoms with Crippen molar-refractivity contribution in [3.63, 3.8) is 0 Å². The Bertz CT molecular complexity index is 749. The number of carbonyl (C=O) groups excluding carboxylic acids is 1. The molecule has 1 saturated heterocycles. The Kier molecular flexibility index (Phi) is 8.27. The molecule has 1 aromatic carbocycles. The minimum absolute atomic E-state index is 0.411. The normalized spacial score (nSPS) is 13.6. The minimum Gasteiger partial charge on any atom is -0.399 e. The summed E-state index contributed by atoms with van der Waals surface area (Å²) in [5.74, 6) is 1.22. The summed E-state index contributed by atoms with van der Waals surface area (Å²) in [6.07, 6.45) is 3.65. The number of piperazine rings is 1. The van der Waals surface area contributed by atoms with E-state index < -0.39 is 0 Å². The van der Waals surface area contributed by atoms with Crippen LogP contribution in [0.2, 0.25) is 5.02 Å². The highest BCUT2D eigenvalue weighted by atomic mass is 35.5. The van der Waals surface area contributed by atoms with Crippen molar-refractivity contribution in [2.45, 2.75) is 0 Å². The van der Waals surface area contributed by atoms with E-state index in [2.05, 4.69) is 35.5 Å². The number of anilines is 3. The van der Waals surface area contributed by atoms with Gasteiger partial charge in [-0.15, -0.1) is 0 Å². The first-order valence-electron chi connectivity index (χ1n) is 8.24. The quantitative estimate of drug-likeness (QED) is 0.400. The molecule has 1 aliphatic heterocycles. The third kappa shape index (κ3) is 6.39. The average Bonchev–Trinajstić information content (AvgIpc) is 2.70. The zero-order valence-electron chi connectivity index (χ0n) is 14.9. The number of nitrogens with zero attached hydrogens (tertiary/aromatic N) is 4. The van der Waals surface area contributed by atoms with E-state index in [1.54, 1.807) is 30.5 Å². The Morgan fingerprint density at radius 1 is 1.30 bits per heavy atom. The molecule has 4 N–H and O–H groups in total. The number of nitrogen functional groups attached to an aromatic ring is 1. The molecule has 0 radical (unpaired) electrons. The van der Waals surface area contributed by atoms with Gasteiger partial charge in [-0.2, -0.15) is 0 Å². The van der Waals surface area contributed by atoms with E-state index in [-0.39, 0.29) is 0 Å². The number of hydrogen-bond donors (Lipinski definition) is 3. The summed E-state index contributed by atoms with van der Waals surface area (Å²) < 4.78 is 0. The molecule has 1 aromatic heterocycles. The Morgan fingerprint density at radius 3 is 2.63 bits per heavy atom. The van der Waals surface area contributed by atoms with Gasteiger partial charge in [-0.05, 0) is 24.3 Å². The van der Waals surface area contributed by atoms with Crippen LogP contribution < -0.4 is 21.3 Å². The van der Waals surface area contributed by atoms with Crippen LogP contribution in [0, 0.1) is 0 Å². The zero-order valence-corrected chi connectivity index (χ0v) is 15.7. The van der Waals surface area contributed by atoms with Crippen molar-refractivity contribution < 1.29 is 9.63 Å². The molecule has 144 valence electrons. The van der Waals surface area contributed by atoms with Crippen molar-refractivity contribution in [1.29, 1.82) is 0 Å². The molecule has 27 heavy (non-hydrogen) atoms. The van der Waals surface area contributed by atoms with Crippen LogP contribution in [0.3, 0.4) is 0 Å². The summed E-state index contributed by atoms with van der Waals surface area (Å²) in [6, 6.07) is 6.90. The first-order valence-corrected chi connectivity index (χ1v) is 8.62. The van der Waals surface area contributed by atoms with Crippen LogP contribution in [0.5, 0.6) is 0 Å². The van der Waals surface area contributed by atoms with Gasteiger partial charge in [0.2, 0.25) is 6.41 Å². The summed E-state index contributed by atoms with van der Waals surface area (Å²) in [7, 11) is 1.49. The first-order chi connectivity index (χ1) is 13.2. The SMILES string of the molecule is CON=Cc1c(N)ncnc1N1CCNCC1.O=CNc1ccc(Cl)cc1. The molecule has 0 spiro atoms. The number of aromatic nitrogens is 2. The van der Waals surface area contributed by atoms with Gasteiger partial charge in [-0.1, -0.05) is 16.8 Å². The van der Waals surface area contributed by atoms with E-state index >= 15 is 0 Å². The van der Waals surface area contributed by atoms with E-state index in [0.29, 0.717) is 22.8 Å². The standard InChI is InChI=1S/C10H16N6O.C7H6ClNO/c1-17-15-6-8-9(11)13-7-14-10(8)16-4-2-12-3-5-16;8-6-1-3-7(4-2-6)9-5-10/h6-7,12H,2-5H2,1H3,(H2,11,13,14);1-5H,(H,9,10). The summed E-state index contributed by atoms with van der Waals surface area (Å²) in [5, 5.41) is 10.2. The predicted octanol–water partition coefficient (Wildman–Crippen LogP) is 1.36. The number of carbonyl (C=O) groups is 1. The van der Waals surface area contributed by atoms with Crippen LogP contribution >= 0.6 is 11.6 Å². The number of benzene rings is 1. The Morgan fingerprint density at radius 2 is 2.00 bits per heavy atom. The molecular formula is C17H22ClN7O2. The highest BCUT2D eigenvalue weighted by Crippen LogP contribution is 2.19. The van der Waals surface area contributed by atoms with Crippen molar-refractivity contribution in [2.75, 3.05) is 49.2 Å². The topological polar surface area (TPSA) is 118 Å². The third-order valence-electron chi connectivity index (χ3n) is 3.67. The van der Waals surface area contributed by atoms with E-state index in [1.165, 1.54) is 13.4 Å². The molecule has 1 fully saturated rings. The fraction of sp³-hybridized carbons (Fsp3) is 0.294. The second-order valence-electron chi connectivity index (χ2n) is 5.42. The van der Waals surface area contributed by atoms with Gasteiger partial charge in [-0.3, -0.25) is 4.79 Å². The molecule has 0 unspecified atom stereocenters. The number of amides is 1. The van der Waals surface area contributed by atoms with Crippen molar-refractivity contribution in [3.8, 4) is 0 Å². The molecular weight excluding hydrogens is 370 g/mol. The van der Waals surface area contributed by atoms with Crippen LogP contribution in [0.1, 0.15) is 5.56 Å². The van der Waals surface area contributed by atoms with Crippen molar-refractivity contribution in [3.05, 3.63) is 41.2 Å². The monoisotopic (exact) mass is 391 g/mol. The molecule has 2 heterocycles. The molecule has 1 amide bonds. The predicted molar refractivity (Wildman–Crippen MR) is 107 cm³/mol. The van der Waals surface area contributed by atoms with Gasteiger partial charge in [0.15, 0.2) is 0 Å². The highest BCUT2D eigenvalue weighted by molar-refractivity contribution is 6.30. The van der Waals surface area contributed by atoms with E-state index in [4.69, 9.17) is 17.3 Å². The van der Waals surface area contributed by atoms with Crippen LogP contribution in [0.4, 0.5) is 17.3 Å². The first kappa shape index (κ1) is 20.4. The lowest BCUT2D eigenvalue weighted by molar-refractivity contribution is -0.105. The molecule has 2 aromatic rings. The average molecular weight is 392 g/mol. The third-order valence-corrected chi connectivity index (χ3v) is 3.92. The van der Waals surface area contributed by atoms with Gasteiger partial charge in [0.1, 0.15) is 25.1 Å². The Balaban J connectivity index is 0.000000223. The number of halogens is 1. The molecule has 0 aliphatic carbocycles. The molecule has 3 rings (SSSR count). The van der Waals surface area contributed by atoms with Gasteiger partial charge in [0.05, 0.1) is 11.8 Å². The van der Waals surface area contributed by atoms with Gasteiger partial charge in [0, 0.05) is 36.9 Å². The minimum atomic E-state index is 0.411. The largest absolute Gasteiger partial charge is 0.399 e. The lowest BCUT2D eigenvalue weighted by atomic mass is 10.2. The van der Waals surface area contributed by atoms with Crippen LogP contribution in [0.15, 0.2) is 35.7 Å². The number of hydrogen-bond acceptors (Lipinski definition) is 8. The maximum absolute atomic E-state index is 9.92. The van der Waals surface area contributed by atoms with Crippen molar-refractivity contribution >= 4 is 41.5 Å². The summed E-state index contributed by atoms with van der Waals surface area (Å²) in [5.41, 5.74) is 7.28. The van der Waals surface area contributed by atoms with Crippen LogP contribution in [-0.4, -0.2) is 55.9 Å². The maximum Gasteiger partial charge on any atom is 0.211 e. The lowest BCUT2D eigenvalue weighted by Gasteiger charge is -2.29. The van der Waals surface area contributed by atoms with E-state index in [9.17, 15) is 4.79 Å². The van der Waals surface area contributed by atoms with Gasteiger partial charge >= 0.3 is 0 Å². The molecule has 1 aliphatic rings. The second kappa shape index (κ2) is 10.9. The fourth-order valence-corrected chi connectivity index (χ4v) is 2.50. The molecule has 9 nitrogen and oxygen atoms in total.